The largest absolute Gasteiger partial charge is 0.458 e. The normalized spacial score (nSPS) is 36.9. The highest BCUT2D eigenvalue weighted by atomic mass is 16.7. The van der Waals surface area contributed by atoms with Gasteiger partial charge in [0.05, 0.1) is 30.0 Å². The maximum atomic E-state index is 14.4. The first-order valence-electron chi connectivity index (χ1n) is 20.8. The molecule has 5 rings (SSSR count). The summed E-state index contributed by atoms with van der Waals surface area (Å²) < 4.78 is 33.2. The Bertz CT molecular complexity index is 1730. The van der Waals surface area contributed by atoms with Gasteiger partial charge in [-0.15, -0.1) is 5.10 Å². The van der Waals surface area contributed by atoms with Gasteiger partial charge >= 0.3 is 12.1 Å². The third kappa shape index (κ3) is 9.68. The SMILES string of the molecule is CC[C@H]1OC(=O)[C@H](C)C(=O)[C@H](C)[C@@H](O[C@@H]2O[C@H](C)CC(N(C)C)C2O)[C@](C)(OC)C[C@@H](C)CN[C@H](C)[C@H]2N(CCCn3cc(-c4cccc(N)c4)nn3)C(=O)O[C@]12C. The van der Waals surface area contributed by atoms with Gasteiger partial charge in [-0.25, -0.2) is 4.79 Å². The molecule has 3 aliphatic heterocycles. The van der Waals surface area contributed by atoms with Crippen molar-refractivity contribution in [3.8, 4) is 11.3 Å². The number of nitrogens with two attached hydrogens (primary N) is 1. The number of ketones is 1. The first-order chi connectivity index (χ1) is 27.3. The van der Waals surface area contributed by atoms with Crippen molar-refractivity contribution in [2.45, 2.75) is 148 Å². The number of hydrogen-bond acceptors (Lipinski definition) is 14. The lowest BCUT2D eigenvalue weighted by Gasteiger charge is -2.46. The van der Waals surface area contributed by atoms with Crippen molar-refractivity contribution < 1.29 is 43.2 Å². The Labute approximate surface area is 343 Å². The zero-order valence-corrected chi connectivity index (χ0v) is 36.2. The number of Topliss-reactive ketones (excluding diaryl/α,β-unsaturated/α-hetero) is 1. The Hall–Kier alpha value is -3.67. The lowest BCUT2D eigenvalue weighted by molar-refractivity contribution is -0.295. The van der Waals surface area contributed by atoms with Gasteiger partial charge in [-0.2, -0.15) is 0 Å². The Morgan fingerprint density at radius 1 is 1.10 bits per heavy atom. The summed E-state index contributed by atoms with van der Waals surface area (Å²) in [7, 11) is 5.38. The second-order valence-electron chi connectivity index (χ2n) is 17.4. The van der Waals surface area contributed by atoms with E-state index in [9.17, 15) is 19.5 Å². The third-order valence-corrected chi connectivity index (χ3v) is 12.6. The minimum atomic E-state index is -1.25. The number of aliphatic hydroxyl groups is 1. The van der Waals surface area contributed by atoms with Gasteiger partial charge < -0.3 is 44.7 Å². The summed E-state index contributed by atoms with van der Waals surface area (Å²) >= 11 is 0. The molecule has 2 unspecified atom stereocenters. The lowest BCUT2D eigenvalue weighted by atomic mass is 9.78. The summed E-state index contributed by atoms with van der Waals surface area (Å²) in [5.41, 5.74) is 5.86. The topological polar surface area (TPSA) is 193 Å². The molecule has 0 radical (unpaired) electrons. The predicted molar refractivity (Wildman–Crippen MR) is 217 cm³/mol. The van der Waals surface area contributed by atoms with E-state index in [2.05, 4.69) is 22.6 Å². The number of anilines is 1. The van der Waals surface area contributed by atoms with Crippen LogP contribution < -0.4 is 11.1 Å². The molecule has 0 saturated carbocycles. The molecular weight excluding hydrogens is 747 g/mol. The van der Waals surface area contributed by atoms with Crippen molar-refractivity contribution in [2.24, 2.45) is 17.8 Å². The van der Waals surface area contributed by atoms with Crippen molar-refractivity contribution in [2.75, 3.05) is 40.0 Å². The second kappa shape index (κ2) is 18.7. The number of hydrogen-bond donors (Lipinski definition) is 3. The number of ether oxygens (including phenoxy) is 5. The first-order valence-corrected chi connectivity index (χ1v) is 20.8. The molecule has 13 atom stereocenters. The van der Waals surface area contributed by atoms with E-state index in [1.807, 2.05) is 84.1 Å². The number of methoxy groups -OCH3 is 1. The Balaban J connectivity index is 1.41. The van der Waals surface area contributed by atoms with Crippen molar-refractivity contribution in [1.29, 1.82) is 0 Å². The van der Waals surface area contributed by atoms with Gasteiger partial charge in [0, 0.05) is 49.5 Å². The molecular formula is C42H67N7O9. The number of fused-ring (bicyclic) bond motifs is 1. The van der Waals surface area contributed by atoms with Gasteiger partial charge in [0.2, 0.25) is 0 Å². The average Bonchev–Trinajstić information content (AvgIpc) is 3.76. The molecule has 0 aliphatic carbocycles. The summed E-state index contributed by atoms with van der Waals surface area (Å²) in [4.78, 5) is 45.9. The van der Waals surface area contributed by atoms with E-state index < -0.39 is 71.5 Å². The fourth-order valence-electron chi connectivity index (χ4n) is 9.30. The van der Waals surface area contributed by atoms with Crippen molar-refractivity contribution in [3.05, 3.63) is 30.5 Å². The fraction of sp³-hybridized carbons (Fsp3) is 0.738. The van der Waals surface area contributed by atoms with Crippen LogP contribution in [-0.2, 0) is 39.8 Å². The molecule has 16 nitrogen and oxygen atoms in total. The number of nitrogen functional groups attached to an aromatic ring is 1. The number of cyclic esters (lactones) is 1. The highest BCUT2D eigenvalue weighted by molar-refractivity contribution is 6.00. The summed E-state index contributed by atoms with van der Waals surface area (Å²) in [6.45, 7) is 16.2. The predicted octanol–water partition coefficient (Wildman–Crippen LogP) is 3.89. The smallest absolute Gasteiger partial charge is 0.410 e. The number of carbonyl (C=O) groups excluding carboxylic acids is 3. The fourth-order valence-corrected chi connectivity index (χ4v) is 9.30. The number of carbonyl (C=O) groups is 3. The lowest BCUT2D eigenvalue weighted by Crippen LogP contribution is -2.61. The molecule has 2 aromatic rings. The van der Waals surface area contributed by atoms with E-state index in [1.165, 1.54) is 6.92 Å². The Morgan fingerprint density at radius 3 is 2.48 bits per heavy atom. The molecule has 58 heavy (non-hydrogen) atoms. The van der Waals surface area contributed by atoms with Gasteiger partial charge in [-0.3, -0.25) is 19.2 Å². The molecule has 0 bridgehead atoms. The molecule has 0 spiro atoms. The Kier molecular flexibility index (Phi) is 14.7. The van der Waals surface area contributed by atoms with E-state index in [-0.39, 0.29) is 24.1 Å². The summed E-state index contributed by atoms with van der Waals surface area (Å²) in [6.07, 6.45) is -0.724. The van der Waals surface area contributed by atoms with E-state index >= 15 is 0 Å². The summed E-state index contributed by atoms with van der Waals surface area (Å²) in [5.74, 6) is -3.19. The molecule has 1 amide bonds. The molecule has 1 aromatic carbocycles. The third-order valence-electron chi connectivity index (χ3n) is 12.6. The number of amides is 1. The van der Waals surface area contributed by atoms with Crippen LogP contribution in [0.1, 0.15) is 81.1 Å². The molecule has 3 saturated heterocycles. The highest BCUT2D eigenvalue weighted by Gasteiger charge is 2.58. The second-order valence-corrected chi connectivity index (χ2v) is 17.4. The number of benzene rings is 1. The van der Waals surface area contributed by atoms with Crippen molar-refractivity contribution in [1.82, 2.24) is 30.1 Å². The maximum absolute atomic E-state index is 14.4. The molecule has 3 fully saturated rings. The zero-order valence-electron chi connectivity index (χ0n) is 36.2. The molecule has 1 aromatic heterocycles. The quantitative estimate of drug-likeness (QED) is 0.178. The first kappa shape index (κ1) is 45.4. The number of aromatic nitrogens is 3. The van der Waals surface area contributed by atoms with Gasteiger partial charge in [0.25, 0.3) is 0 Å². The van der Waals surface area contributed by atoms with Crippen LogP contribution in [0.25, 0.3) is 11.3 Å². The van der Waals surface area contributed by atoms with Crippen LogP contribution in [0, 0.1) is 17.8 Å². The molecule has 324 valence electrons. The van der Waals surface area contributed by atoms with Crippen LogP contribution in [0.3, 0.4) is 0 Å². The van der Waals surface area contributed by atoms with E-state index in [1.54, 1.807) is 23.6 Å². The zero-order chi connectivity index (χ0) is 42.7. The monoisotopic (exact) mass is 814 g/mol. The van der Waals surface area contributed by atoms with Crippen molar-refractivity contribution >= 4 is 23.5 Å². The van der Waals surface area contributed by atoms with Crippen LogP contribution in [0.2, 0.25) is 0 Å². The standard InChI is InChI=1S/C42H67N7O9/c1-12-33-42(8)36(49(40(53)58-42)18-14-17-48-23-31(45-46-48)29-15-13-16-30(43)20-29)28(6)44-22-24(2)21-41(7,54-11)37(26(4)34(50)27(5)38(52)56-33)57-39-35(51)32(47(9)10)19-25(3)55-39/h13,15-16,20,23-28,32-33,35-37,39,44,51H,12,14,17-19,21-22,43H2,1-11H3/t24-,25-,26+,27-,28-,32?,33-,35?,36-,37-,39+,41-,42-/m1/s1. The van der Waals surface area contributed by atoms with Crippen molar-refractivity contribution in [3.63, 3.8) is 0 Å². The number of aryl methyl sites for hydroxylation is 1. The van der Waals surface area contributed by atoms with Crippen LogP contribution in [0.15, 0.2) is 30.5 Å². The van der Waals surface area contributed by atoms with Gasteiger partial charge in [0.1, 0.15) is 23.8 Å². The molecule has 16 heteroatoms. The summed E-state index contributed by atoms with van der Waals surface area (Å²) in [5, 5.41) is 23.7. The Morgan fingerprint density at radius 2 is 1.83 bits per heavy atom. The highest BCUT2D eigenvalue weighted by Crippen LogP contribution is 2.40. The average molecular weight is 814 g/mol. The van der Waals surface area contributed by atoms with Crippen LogP contribution >= 0.6 is 0 Å². The van der Waals surface area contributed by atoms with Crippen LogP contribution in [0.5, 0.6) is 0 Å². The minimum absolute atomic E-state index is 0.0203. The maximum Gasteiger partial charge on any atom is 0.410 e. The number of nitrogens with zero attached hydrogens (tertiary/aromatic N) is 5. The van der Waals surface area contributed by atoms with Gasteiger partial charge in [0.15, 0.2) is 17.7 Å². The van der Waals surface area contributed by atoms with E-state index in [0.717, 1.165) is 5.56 Å². The van der Waals surface area contributed by atoms with Crippen LogP contribution in [-0.4, -0.2) is 142 Å². The van der Waals surface area contributed by atoms with E-state index in [0.29, 0.717) is 56.7 Å². The molecule has 4 N–H and O–H groups in total. The number of esters is 1. The van der Waals surface area contributed by atoms with E-state index in [4.69, 9.17) is 29.4 Å². The van der Waals surface area contributed by atoms with Gasteiger partial charge in [-0.1, -0.05) is 38.1 Å². The number of rotatable bonds is 10. The summed E-state index contributed by atoms with van der Waals surface area (Å²) in [6, 6.07) is 6.36. The minimum Gasteiger partial charge on any atom is -0.458 e. The van der Waals surface area contributed by atoms with Crippen LogP contribution in [0.4, 0.5) is 10.5 Å². The number of aliphatic hydroxyl groups excluding tert-OH is 1. The van der Waals surface area contributed by atoms with Gasteiger partial charge in [-0.05, 0) is 99.0 Å². The number of nitrogens with one attached hydrogen (secondary N) is 1. The number of likely N-dealkylation sites (N-methyl/N-ethyl adjacent to an activating group) is 1. The molecule has 4 heterocycles. The molecule has 3 aliphatic rings.